The quantitative estimate of drug-likeness (QED) is 0.0646. The minimum atomic E-state index is -4.38. The number of ether oxygens (including phenoxy) is 5. The van der Waals surface area contributed by atoms with Crippen molar-refractivity contribution in [1.82, 2.24) is 102 Å². The van der Waals surface area contributed by atoms with Gasteiger partial charge < -0.3 is 105 Å². The van der Waals surface area contributed by atoms with Crippen LogP contribution in [-0.4, -0.2) is 281 Å². The molecular formula is C64H70F5N27O26P6S8. The lowest BCUT2D eigenvalue weighted by Crippen LogP contribution is -2.45. The van der Waals surface area contributed by atoms with E-state index >= 15 is 22.0 Å². The van der Waals surface area contributed by atoms with Crippen LogP contribution in [0.5, 0.6) is 0 Å². The van der Waals surface area contributed by atoms with Crippen LogP contribution in [0.3, 0.4) is 0 Å². The molecule has 72 heteroatoms. The van der Waals surface area contributed by atoms with Crippen LogP contribution in [0.1, 0.15) is 35.7 Å². The first kappa shape index (κ1) is 96.5. The number of thiol groups is 1. The predicted molar refractivity (Wildman–Crippen MR) is 487 cm³/mol. The summed E-state index contributed by atoms with van der Waals surface area (Å²) in [5, 5.41) is -4.12. The van der Waals surface area contributed by atoms with Gasteiger partial charge in [-0.15, -0.1) is 23.5 Å². The number of alkyl halides is 5. The monoisotopic (exact) mass is 2170 g/mol. The summed E-state index contributed by atoms with van der Waals surface area (Å²) in [7, 11) is 0. The molecule has 0 amide bonds. The van der Waals surface area contributed by atoms with Gasteiger partial charge in [0.25, 0.3) is 16.7 Å². The van der Waals surface area contributed by atoms with E-state index in [1.165, 1.54) is 80.6 Å². The molecule has 10 aliphatic heterocycles. The van der Waals surface area contributed by atoms with E-state index in [1.807, 2.05) is 0 Å². The highest BCUT2D eigenvalue weighted by Crippen LogP contribution is 2.64. The Balaban J connectivity index is 0.000000126. The summed E-state index contributed by atoms with van der Waals surface area (Å²) in [5.74, 6) is -0.650. The maximum atomic E-state index is 16.1. The van der Waals surface area contributed by atoms with Gasteiger partial charge in [-0.1, -0.05) is 12.2 Å². The SMILES string of the molecule is Nc1nc2c(ncn2[C@@H]2O[C@@H]3COP(O)(=S)O[C@H]4[C@H](F)[C@H](n5cnc6c(N)ccnc65)O[C@@H]4COP(O)(=S)O[C@@H]2[C@@H]3F)c(=O)[nH]1.Nc1nc2c(ncn2[C@@H]2S[C@@H]3COP(=O)(S)O[C@H]4[C@H](F)[C@H](n5cnc6c(N)ccnc65)O[C@@H]4COP(O)(=S)O[C@@H]2[C@H]3F)c(=O)[nH]1.Nc1nc2c(ncn2[C@@H]2S[C@@H]3COP(O)(=S)O[C@H]4[C@H]5OC[C@]4(COP(O)(=S)O[C@@H]2[C@H]3F)O[C@H]5n2cnc3c(N)ccnc32)c(=O)[nH]1. The van der Waals surface area contributed by atoms with Gasteiger partial charge in [0.05, 0.1) is 112 Å². The summed E-state index contributed by atoms with van der Waals surface area (Å²) >= 11 is 32.2. The molecule has 30 atom stereocenters. The Morgan fingerprint density at radius 3 is 1.21 bits per heavy atom. The fraction of sp³-hybridized carbons (Fsp3) is 0.484. The fourth-order valence-electron chi connectivity index (χ4n) is 16.7. The number of H-pyrrole nitrogens is 3. The average Bonchev–Trinajstić information content (AvgIpc) is 1.55. The van der Waals surface area contributed by atoms with E-state index in [-0.39, 0.29) is 69.2 Å². The van der Waals surface area contributed by atoms with Crippen molar-refractivity contribution < 1.29 is 129 Å². The summed E-state index contributed by atoms with van der Waals surface area (Å²) in [5.41, 5.74) is 34.3. The molecule has 0 aliphatic carbocycles. The molecule has 0 spiro atoms. The number of rotatable bonds is 6. The largest absolute Gasteiger partial charge is 0.397 e. The first-order chi connectivity index (χ1) is 64.5. The van der Waals surface area contributed by atoms with Crippen molar-refractivity contribution in [3.8, 4) is 0 Å². The first-order valence-electron chi connectivity index (χ1n) is 39.6. The van der Waals surface area contributed by atoms with Crippen LogP contribution < -0.4 is 51.1 Å². The van der Waals surface area contributed by atoms with Gasteiger partial charge in [0.15, 0.2) is 93.9 Å². The van der Waals surface area contributed by atoms with Gasteiger partial charge in [0, 0.05) is 18.6 Å². The highest BCUT2D eigenvalue weighted by atomic mass is 32.7. The zero-order valence-corrected chi connectivity index (χ0v) is 79.8. The lowest BCUT2D eigenvalue weighted by Gasteiger charge is -2.33. The molecule has 22 heterocycles. The van der Waals surface area contributed by atoms with Gasteiger partial charge in [-0.3, -0.25) is 88.4 Å². The smallest absolute Gasteiger partial charge is 0.386 e. The van der Waals surface area contributed by atoms with Crippen LogP contribution in [0.2, 0.25) is 0 Å². The van der Waals surface area contributed by atoms with Gasteiger partial charge in [0.2, 0.25) is 17.8 Å². The Hall–Kier alpha value is -6.99. The van der Waals surface area contributed by atoms with Crippen LogP contribution in [0, 0.1) is 0 Å². The Morgan fingerprint density at radius 2 is 0.750 bits per heavy atom. The molecule has 6 unspecified atom stereocenters. The summed E-state index contributed by atoms with van der Waals surface area (Å²) in [6.45, 7) is -29.1. The second kappa shape index (κ2) is 36.5. The van der Waals surface area contributed by atoms with Gasteiger partial charge in [0.1, 0.15) is 106 Å². The second-order valence-corrected chi connectivity index (χ2v) is 50.9. The molecule has 0 aromatic carbocycles. The molecule has 10 saturated heterocycles. The van der Waals surface area contributed by atoms with E-state index in [2.05, 4.69) is 87.0 Å². The van der Waals surface area contributed by atoms with Crippen molar-refractivity contribution in [3.05, 3.63) is 106 Å². The van der Waals surface area contributed by atoms with Crippen molar-refractivity contribution in [1.29, 1.82) is 0 Å². The molecular weight excluding hydrogens is 2100 g/mol. The van der Waals surface area contributed by atoms with Crippen LogP contribution in [0.15, 0.2) is 89.1 Å². The van der Waals surface area contributed by atoms with Crippen LogP contribution in [-0.2, 0) is 142 Å². The summed E-state index contributed by atoms with van der Waals surface area (Å²) in [6.07, 6.45) is -17.0. The highest BCUT2D eigenvalue weighted by molar-refractivity contribution is 8.44. The molecule has 0 saturated carbocycles. The number of hydrogen-bond acceptors (Lipinski definition) is 46. The molecule has 730 valence electrons. The van der Waals surface area contributed by atoms with E-state index in [0.29, 0.717) is 39.3 Å². The predicted octanol–water partition coefficient (Wildman–Crippen LogP) is 3.04. The number of pyridine rings is 3. The van der Waals surface area contributed by atoms with E-state index in [9.17, 15) is 43.4 Å². The molecule has 53 nitrogen and oxygen atoms in total. The number of aromatic nitrogens is 21. The zero-order valence-electron chi connectivity index (χ0n) is 67.9. The van der Waals surface area contributed by atoms with Crippen LogP contribution in [0.4, 0.5) is 56.9 Å². The maximum absolute atomic E-state index is 16.1. The average molecular weight is 2170 g/mol. The lowest BCUT2D eigenvalue weighted by molar-refractivity contribution is -0.183. The minimum Gasteiger partial charge on any atom is -0.397 e. The van der Waals surface area contributed by atoms with E-state index in [0.717, 1.165) is 34.4 Å². The van der Waals surface area contributed by atoms with E-state index in [4.69, 9.17) is 171 Å². The van der Waals surface area contributed by atoms with Crippen molar-refractivity contribution in [2.24, 2.45) is 0 Å². The number of hydrogen-bond donors (Lipinski definition) is 15. The van der Waals surface area contributed by atoms with E-state index < -0.39 is 240 Å². The third-order valence-corrected chi connectivity index (χ3v) is 35.2. The molecule has 12 aromatic rings. The topological polar surface area (TPSA) is 714 Å². The van der Waals surface area contributed by atoms with E-state index in [1.54, 1.807) is 10.6 Å². The first-order valence-corrected chi connectivity index (χ1v) is 57.1. The summed E-state index contributed by atoms with van der Waals surface area (Å²) in [4.78, 5) is 149. The van der Waals surface area contributed by atoms with Crippen molar-refractivity contribution >= 4 is 237 Å². The molecule has 22 rings (SSSR count). The van der Waals surface area contributed by atoms with Crippen molar-refractivity contribution in [2.75, 3.05) is 80.7 Å². The Labute approximate surface area is 793 Å². The maximum Gasteiger partial charge on any atom is 0.386 e. The Kier molecular flexibility index (Phi) is 25.9. The van der Waals surface area contributed by atoms with Gasteiger partial charge >= 0.3 is 40.4 Å². The number of thioether (sulfide) groups is 2. The zero-order chi connectivity index (χ0) is 95.8. The normalized spacial score (nSPS) is 38.4. The number of nitrogens with one attached hydrogen (secondary N) is 3. The summed E-state index contributed by atoms with van der Waals surface area (Å²) < 4.78 is 199. The fourth-order valence-corrected chi connectivity index (χ4v) is 28.6. The number of nitrogens with zero attached hydrogens (tertiary/aromatic N) is 18. The third-order valence-electron chi connectivity index (χ3n) is 22.8. The molecule has 136 heavy (non-hydrogen) atoms. The molecule has 20 N–H and O–H groups in total. The Bertz CT molecular complexity index is 6980. The van der Waals surface area contributed by atoms with Crippen molar-refractivity contribution in [2.45, 2.75) is 144 Å². The van der Waals surface area contributed by atoms with Gasteiger partial charge in [-0.05, 0) is 77.2 Å². The number of nitrogens with two attached hydrogens (primary N) is 6. The Morgan fingerprint density at radius 1 is 0.397 bits per heavy atom. The molecule has 10 aliphatic rings. The molecule has 10 fully saturated rings. The molecule has 8 bridgehead atoms. The van der Waals surface area contributed by atoms with Crippen LogP contribution in [0.25, 0.3) is 67.0 Å². The minimum absolute atomic E-state index is 0.0121. The number of fused-ring (bicyclic) bond motifs is 14. The summed E-state index contributed by atoms with van der Waals surface area (Å²) in [6, 6.07) is 4.65. The number of anilines is 6. The number of nitrogen functional groups attached to an aromatic ring is 6. The number of halogens is 5. The number of aromatic amines is 3. The second-order valence-electron chi connectivity index (χ2n) is 31.3. The highest BCUT2D eigenvalue weighted by Gasteiger charge is 2.66. The molecule has 0 radical (unpaired) electrons. The van der Waals surface area contributed by atoms with Crippen molar-refractivity contribution in [3.63, 3.8) is 0 Å². The van der Waals surface area contributed by atoms with Gasteiger partial charge in [-0.25, -0.2) is 71.4 Å². The van der Waals surface area contributed by atoms with Crippen LogP contribution >= 0.6 is 76.2 Å². The number of imidazole rings is 6. The molecule has 12 aromatic heterocycles. The standard InChI is InChI=1S/C22H24FN9O9P2S3.C21H23F2N9O9P2S2.C21H23F2N9O8P2S3/c23-10-9-3-37-42(34,44)41-15-14-19(31-6-27-11-8(24)1-2-26-16(11)31)39-22(15,4-36-14)5-38-43(35,45)40-13(10)20(46-9)32-7-28-12-17(32)29-21(25)30-18(12)33;22-10-8-3-36-42(34,44)40-14-9(39-19(11(14)23)31-5-27-12-7(24)1-2-26-16(12)31)4-37-43(35,45)41-15(10)20(38-8)32-6-28-13-17(32)29-21(25)30-18(13)33;22-10-9-4-37-42(35,44)39-14-8(38-19(11(14)23)31-5-27-12-7(24)1-2-26-16(12)31)3-36-41(34,43)40-15(10)20(45-9)32-6-28-13-17(32)29-21(25)30-18(13)33/h1-2,6-7,9-10,13-15,19-20H,3-5H2,(H2,24,26)(H,34,44)(H,35,45)(H3,25,29,30,33);1-2,5-6,8-11,14-15,19-20H,3-4H2,(H2,24,26)(H,34,44)(H,35,45)(H3,25,29,30,33);1-2,5-6,8-11,14-15,19-20H,3-4H2,(H2,24,26)(H,34,43)(H,35,44)(H3,25,29,30,33)/t9-,10+,13-,14-,15+,19-,20-,22-,42?,43?;8-,9-,10-,11+,14-,15-,19-,20-,42?,43?;8-,9-,10+,11+,14-,15-,19-,20-,41?,42?/m111/s1. The lowest BCUT2D eigenvalue weighted by atomic mass is 10.0. The third kappa shape index (κ3) is 18.2. The van der Waals surface area contributed by atoms with Gasteiger partial charge in [-0.2, -0.15) is 15.0 Å².